The smallest absolute Gasteiger partial charge is 0.303 e. The summed E-state index contributed by atoms with van der Waals surface area (Å²) in [5.41, 5.74) is 0. The fourth-order valence-corrected chi connectivity index (χ4v) is 2.68. The van der Waals surface area contributed by atoms with Crippen molar-refractivity contribution in [1.29, 1.82) is 0 Å². The van der Waals surface area contributed by atoms with Crippen molar-refractivity contribution in [1.82, 2.24) is 15.1 Å². The van der Waals surface area contributed by atoms with E-state index in [4.69, 9.17) is 0 Å². The lowest BCUT2D eigenvalue weighted by molar-refractivity contribution is -0.148. The van der Waals surface area contributed by atoms with Crippen LogP contribution in [0.15, 0.2) is 0 Å². The highest BCUT2D eigenvalue weighted by Gasteiger charge is 2.38. The Hall–Kier alpha value is -1.15. The molecule has 20 heavy (non-hydrogen) atoms. The summed E-state index contributed by atoms with van der Waals surface area (Å²) in [5, 5.41) is 3.09. The van der Waals surface area contributed by atoms with Crippen LogP contribution in [0.2, 0.25) is 0 Å². The molecule has 2 fully saturated rings. The normalized spacial score (nSPS) is 26.6. The van der Waals surface area contributed by atoms with Gasteiger partial charge in [0, 0.05) is 13.1 Å². The first-order valence-corrected chi connectivity index (χ1v) is 6.62. The Morgan fingerprint density at radius 3 is 2.30 bits per heavy atom. The first-order chi connectivity index (χ1) is 9.26. The van der Waals surface area contributed by atoms with E-state index in [0.717, 1.165) is 4.90 Å². The van der Waals surface area contributed by atoms with Gasteiger partial charge < -0.3 is 5.32 Å². The van der Waals surface area contributed by atoms with Crippen LogP contribution in [0.5, 0.6) is 0 Å². The summed E-state index contributed by atoms with van der Waals surface area (Å²) in [4.78, 5) is 25.6. The number of likely N-dealkylation sites (N-methyl/N-ethyl adjacent to an activating group) is 1. The fourth-order valence-electron chi connectivity index (χ4n) is 2.68. The molecule has 2 saturated heterocycles. The van der Waals surface area contributed by atoms with Crippen LogP contribution >= 0.6 is 0 Å². The number of rotatable bonds is 3. The number of halogens is 3. The molecule has 2 heterocycles. The summed E-state index contributed by atoms with van der Waals surface area (Å²) in [5.74, 6) is -0.477. The van der Waals surface area contributed by atoms with Gasteiger partial charge in [0.05, 0.1) is 19.0 Å². The molecule has 2 aliphatic rings. The van der Waals surface area contributed by atoms with Gasteiger partial charge in [-0.25, -0.2) is 0 Å². The Labute approximate surface area is 115 Å². The number of hydrogen-bond donors (Lipinski definition) is 1. The highest BCUT2D eigenvalue weighted by atomic mass is 19.4. The molecule has 0 saturated carbocycles. The number of piperidine rings is 1. The fraction of sp³-hybridized carbons (Fsp3) is 0.833. The zero-order valence-corrected chi connectivity index (χ0v) is 11.2. The monoisotopic (exact) mass is 293 g/mol. The van der Waals surface area contributed by atoms with Gasteiger partial charge in [0.1, 0.15) is 0 Å². The number of carbonyl (C=O) groups excluding carboxylic acids is 2. The van der Waals surface area contributed by atoms with E-state index in [1.54, 1.807) is 0 Å². The van der Waals surface area contributed by atoms with Crippen LogP contribution in [0, 0.1) is 0 Å². The van der Waals surface area contributed by atoms with Gasteiger partial charge in [-0.3, -0.25) is 19.4 Å². The Kier molecular flexibility index (Phi) is 4.33. The van der Waals surface area contributed by atoms with E-state index >= 15 is 0 Å². The highest BCUT2D eigenvalue weighted by molar-refractivity contribution is 6.05. The molecule has 2 amide bonds. The number of imide groups is 1. The SMILES string of the molecule is CN1C(=O)CC(NC2CCN(CC(F)(F)F)CC2)C1=O. The summed E-state index contributed by atoms with van der Waals surface area (Å²) in [6, 6.07) is -0.528. The average Bonchev–Trinajstić information content (AvgIpc) is 2.58. The maximum Gasteiger partial charge on any atom is 0.401 e. The number of likely N-dealkylation sites (tertiary alicyclic amines) is 2. The third kappa shape index (κ3) is 3.69. The van der Waals surface area contributed by atoms with E-state index in [2.05, 4.69) is 5.32 Å². The molecule has 0 aromatic rings. The lowest BCUT2D eigenvalue weighted by Gasteiger charge is -2.33. The zero-order valence-electron chi connectivity index (χ0n) is 11.2. The molecular formula is C12H18F3N3O2. The third-order valence-corrected chi connectivity index (χ3v) is 3.81. The predicted octanol–water partition coefficient (Wildman–Crippen LogP) is 0.360. The molecule has 5 nitrogen and oxygen atoms in total. The van der Waals surface area contributed by atoms with Gasteiger partial charge in [0.15, 0.2) is 0 Å². The number of nitrogens with zero attached hydrogens (tertiary/aromatic N) is 2. The van der Waals surface area contributed by atoms with Crippen molar-refractivity contribution in [3.8, 4) is 0 Å². The van der Waals surface area contributed by atoms with Crippen molar-refractivity contribution in [2.45, 2.75) is 37.5 Å². The maximum absolute atomic E-state index is 12.3. The summed E-state index contributed by atoms with van der Waals surface area (Å²) in [6.45, 7) is -0.187. The standard InChI is InChI=1S/C12H18F3N3O2/c1-17-10(19)6-9(11(17)20)16-8-2-4-18(5-3-8)7-12(13,14)15/h8-9,16H,2-7H2,1H3. The number of alkyl halides is 3. The first kappa shape index (κ1) is 15.2. The molecule has 0 spiro atoms. The van der Waals surface area contributed by atoms with Gasteiger partial charge in [0.25, 0.3) is 0 Å². The second-order valence-electron chi connectivity index (χ2n) is 5.38. The van der Waals surface area contributed by atoms with E-state index in [0.29, 0.717) is 25.9 Å². The maximum atomic E-state index is 12.3. The minimum absolute atomic E-state index is 0.00673. The Morgan fingerprint density at radius 1 is 1.25 bits per heavy atom. The molecule has 1 atom stereocenters. The molecule has 2 rings (SSSR count). The summed E-state index contributed by atoms with van der Waals surface area (Å²) in [6.07, 6.45) is -2.93. The van der Waals surface area contributed by atoms with Crippen LogP contribution in [0.25, 0.3) is 0 Å². The number of nitrogens with one attached hydrogen (secondary N) is 1. The van der Waals surface area contributed by atoms with Gasteiger partial charge >= 0.3 is 6.18 Å². The summed E-state index contributed by atoms with van der Waals surface area (Å²) >= 11 is 0. The number of carbonyl (C=O) groups is 2. The van der Waals surface area contributed by atoms with Crippen molar-refractivity contribution < 1.29 is 22.8 Å². The molecule has 0 aromatic carbocycles. The lowest BCUT2D eigenvalue weighted by atomic mass is 10.0. The number of hydrogen-bond acceptors (Lipinski definition) is 4. The van der Waals surface area contributed by atoms with Gasteiger partial charge in [-0.15, -0.1) is 0 Å². The van der Waals surface area contributed by atoms with Gasteiger partial charge in [0.2, 0.25) is 11.8 Å². The molecule has 1 N–H and O–H groups in total. The highest BCUT2D eigenvalue weighted by Crippen LogP contribution is 2.21. The van der Waals surface area contributed by atoms with Gasteiger partial charge in [-0.05, 0) is 25.9 Å². The second-order valence-corrected chi connectivity index (χ2v) is 5.38. The van der Waals surface area contributed by atoms with Crippen molar-refractivity contribution in [2.24, 2.45) is 0 Å². The van der Waals surface area contributed by atoms with E-state index < -0.39 is 18.8 Å². The molecule has 8 heteroatoms. The largest absolute Gasteiger partial charge is 0.401 e. The van der Waals surface area contributed by atoms with Crippen LogP contribution in [0.4, 0.5) is 13.2 Å². The Morgan fingerprint density at radius 2 is 1.85 bits per heavy atom. The van der Waals surface area contributed by atoms with E-state index in [-0.39, 0.29) is 24.3 Å². The molecular weight excluding hydrogens is 275 g/mol. The lowest BCUT2D eigenvalue weighted by Crippen LogP contribution is -2.49. The molecule has 1 unspecified atom stereocenters. The summed E-state index contributed by atoms with van der Waals surface area (Å²) in [7, 11) is 1.44. The minimum Gasteiger partial charge on any atom is -0.303 e. The Bertz CT molecular complexity index is 392. The van der Waals surface area contributed by atoms with Crippen LogP contribution in [0.1, 0.15) is 19.3 Å². The Balaban J connectivity index is 1.78. The van der Waals surface area contributed by atoms with Crippen molar-refractivity contribution >= 4 is 11.8 Å². The molecule has 0 radical (unpaired) electrons. The van der Waals surface area contributed by atoms with Crippen molar-refractivity contribution in [3.05, 3.63) is 0 Å². The average molecular weight is 293 g/mol. The van der Waals surface area contributed by atoms with Gasteiger partial charge in [-0.2, -0.15) is 13.2 Å². The predicted molar refractivity (Wildman–Crippen MR) is 64.8 cm³/mol. The molecule has 2 aliphatic heterocycles. The van der Waals surface area contributed by atoms with E-state index in [9.17, 15) is 22.8 Å². The molecule has 114 valence electrons. The zero-order chi connectivity index (χ0) is 14.9. The third-order valence-electron chi connectivity index (χ3n) is 3.81. The van der Waals surface area contributed by atoms with E-state index in [1.807, 2.05) is 0 Å². The minimum atomic E-state index is -4.17. The number of amides is 2. The van der Waals surface area contributed by atoms with Gasteiger partial charge in [-0.1, -0.05) is 0 Å². The van der Waals surface area contributed by atoms with E-state index in [1.165, 1.54) is 11.9 Å². The van der Waals surface area contributed by atoms with Crippen LogP contribution in [-0.2, 0) is 9.59 Å². The van der Waals surface area contributed by atoms with Crippen molar-refractivity contribution in [2.75, 3.05) is 26.7 Å². The van der Waals surface area contributed by atoms with Crippen molar-refractivity contribution in [3.63, 3.8) is 0 Å². The summed E-state index contributed by atoms with van der Waals surface area (Å²) < 4.78 is 36.8. The quantitative estimate of drug-likeness (QED) is 0.764. The second kappa shape index (κ2) is 5.69. The molecule has 0 bridgehead atoms. The molecule has 0 aliphatic carbocycles. The van der Waals surface area contributed by atoms with Crippen LogP contribution < -0.4 is 5.32 Å². The van der Waals surface area contributed by atoms with Crippen LogP contribution in [0.3, 0.4) is 0 Å². The topological polar surface area (TPSA) is 52.7 Å². The van der Waals surface area contributed by atoms with Crippen LogP contribution in [-0.4, -0.2) is 66.6 Å². The first-order valence-electron chi connectivity index (χ1n) is 6.62. The molecule has 0 aromatic heterocycles.